The normalized spacial score (nSPS) is 32.8. The van der Waals surface area contributed by atoms with Crippen molar-refractivity contribution in [1.82, 2.24) is 0 Å². The summed E-state index contributed by atoms with van der Waals surface area (Å²) in [5, 5.41) is 0. The summed E-state index contributed by atoms with van der Waals surface area (Å²) in [7, 11) is 0. The first-order chi connectivity index (χ1) is 9.04. The van der Waals surface area contributed by atoms with Gasteiger partial charge in [0.2, 0.25) is 0 Å². The summed E-state index contributed by atoms with van der Waals surface area (Å²) in [6, 6.07) is 0. The molecule has 0 aromatic carbocycles. The minimum absolute atomic E-state index is 0.662. The molecule has 2 saturated carbocycles. The Hall–Kier alpha value is 0. The fourth-order valence-corrected chi connectivity index (χ4v) is 5.48. The number of hydrogen-bond donors (Lipinski definition) is 0. The van der Waals surface area contributed by atoms with Crippen LogP contribution in [0.15, 0.2) is 0 Å². The molecule has 3 atom stereocenters. The van der Waals surface area contributed by atoms with Gasteiger partial charge in [0.15, 0.2) is 0 Å². The van der Waals surface area contributed by atoms with Crippen LogP contribution in [0.2, 0.25) is 0 Å². The molecule has 0 heterocycles. The van der Waals surface area contributed by atoms with Crippen LogP contribution in [0.5, 0.6) is 0 Å². The van der Waals surface area contributed by atoms with E-state index in [1.165, 1.54) is 51.4 Å². The monoisotopic (exact) mass is 264 g/mol. The van der Waals surface area contributed by atoms with Gasteiger partial charge in [-0.05, 0) is 54.8 Å². The summed E-state index contributed by atoms with van der Waals surface area (Å²) in [5.74, 6) is 1.88. The van der Waals surface area contributed by atoms with Crippen LogP contribution in [0.4, 0.5) is 0 Å². The third-order valence-electron chi connectivity index (χ3n) is 7.09. The van der Waals surface area contributed by atoms with Crippen LogP contribution in [0.1, 0.15) is 98.3 Å². The van der Waals surface area contributed by atoms with Crippen molar-refractivity contribution in [2.24, 2.45) is 22.7 Å². The third-order valence-corrected chi connectivity index (χ3v) is 7.09. The van der Waals surface area contributed by atoms with Crippen LogP contribution in [0.3, 0.4) is 0 Å². The van der Waals surface area contributed by atoms with E-state index >= 15 is 0 Å². The molecule has 0 bridgehead atoms. The highest BCUT2D eigenvalue weighted by atomic mass is 14.6. The zero-order valence-electron chi connectivity index (χ0n) is 13.9. The van der Waals surface area contributed by atoms with Crippen molar-refractivity contribution in [2.75, 3.05) is 0 Å². The van der Waals surface area contributed by atoms with Crippen molar-refractivity contribution in [2.45, 2.75) is 98.3 Å². The molecular weight excluding hydrogens is 228 g/mol. The molecule has 1 spiro atoms. The number of hydrogen-bond acceptors (Lipinski definition) is 0. The highest BCUT2D eigenvalue weighted by Gasteiger charge is 2.54. The maximum Gasteiger partial charge on any atom is -0.0241 e. The van der Waals surface area contributed by atoms with Crippen molar-refractivity contribution in [3.05, 3.63) is 0 Å². The molecule has 0 N–H and O–H groups in total. The van der Waals surface area contributed by atoms with Crippen LogP contribution in [-0.2, 0) is 0 Å². The predicted molar refractivity (Wildman–Crippen MR) is 85.3 cm³/mol. The van der Waals surface area contributed by atoms with Gasteiger partial charge in [0, 0.05) is 0 Å². The summed E-state index contributed by atoms with van der Waals surface area (Å²) in [6.07, 6.45) is 16.4. The summed E-state index contributed by atoms with van der Waals surface area (Å²) < 4.78 is 0. The summed E-state index contributed by atoms with van der Waals surface area (Å²) in [4.78, 5) is 0. The zero-order valence-corrected chi connectivity index (χ0v) is 13.9. The van der Waals surface area contributed by atoms with Crippen LogP contribution in [0.25, 0.3) is 0 Å². The molecule has 0 aromatic rings. The second kappa shape index (κ2) is 6.19. The molecule has 0 amide bonds. The van der Waals surface area contributed by atoms with Crippen molar-refractivity contribution >= 4 is 0 Å². The Morgan fingerprint density at radius 3 is 2.11 bits per heavy atom. The van der Waals surface area contributed by atoms with Crippen LogP contribution in [-0.4, -0.2) is 0 Å². The van der Waals surface area contributed by atoms with Gasteiger partial charge < -0.3 is 0 Å². The Balaban J connectivity index is 1.94. The lowest BCUT2D eigenvalue weighted by Gasteiger charge is -2.46. The van der Waals surface area contributed by atoms with E-state index in [-0.39, 0.29) is 0 Å². The fraction of sp³-hybridized carbons (Fsp3) is 1.00. The molecular formula is C19H36. The van der Waals surface area contributed by atoms with Crippen LogP contribution < -0.4 is 0 Å². The van der Waals surface area contributed by atoms with Crippen molar-refractivity contribution < 1.29 is 0 Å². The first-order valence-corrected chi connectivity index (χ1v) is 9.04. The van der Waals surface area contributed by atoms with Gasteiger partial charge in [0.05, 0.1) is 0 Å². The Morgan fingerprint density at radius 1 is 0.842 bits per heavy atom. The van der Waals surface area contributed by atoms with Crippen LogP contribution >= 0.6 is 0 Å². The smallest absolute Gasteiger partial charge is 0.0241 e. The molecule has 0 aromatic heterocycles. The van der Waals surface area contributed by atoms with Crippen molar-refractivity contribution in [1.29, 1.82) is 0 Å². The molecule has 3 unspecified atom stereocenters. The molecule has 0 radical (unpaired) electrons. The van der Waals surface area contributed by atoms with Crippen molar-refractivity contribution in [3.8, 4) is 0 Å². The molecule has 0 saturated heterocycles. The largest absolute Gasteiger partial charge is 0.0654 e. The molecule has 0 aliphatic heterocycles. The lowest BCUT2D eigenvalue weighted by molar-refractivity contribution is 0.0296. The van der Waals surface area contributed by atoms with Gasteiger partial charge in [-0.1, -0.05) is 66.2 Å². The van der Waals surface area contributed by atoms with E-state index in [0.29, 0.717) is 5.41 Å². The summed E-state index contributed by atoms with van der Waals surface area (Å²) >= 11 is 0. The first kappa shape index (κ1) is 15.4. The van der Waals surface area contributed by atoms with Gasteiger partial charge in [0.1, 0.15) is 0 Å². The SMILES string of the molecule is CCCC(C)CCC(C)C1(C)CCCC12CCCC2. The van der Waals surface area contributed by atoms with Gasteiger partial charge in [-0.2, -0.15) is 0 Å². The Labute approximate surface area is 121 Å². The van der Waals surface area contributed by atoms with Gasteiger partial charge >= 0.3 is 0 Å². The van der Waals surface area contributed by atoms with Gasteiger partial charge in [-0.25, -0.2) is 0 Å². The highest BCUT2D eigenvalue weighted by molar-refractivity contribution is 5.04. The maximum atomic E-state index is 2.65. The van der Waals surface area contributed by atoms with E-state index in [4.69, 9.17) is 0 Å². The highest BCUT2D eigenvalue weighted by Crippen LogP contribution is 2.64. The first-order valence-electron chi connectivity index (χ1n) is 9.04. The quantitative estimate of drug-likeness (QED) is 0.507. The Bertz CT molecular complexity index is 268. The molecule has 0 nitrogen and oxygen atoms in total. The molecule has 2 rings (SSSR count). The van der Waals surface area contributed by atoms with E-state index < -0.39 is 0 Å². The summed E-state index contributed by atoms with van der Waals surface area (Å²) in [5.41, 5.74) is 1.41. The topological polar surface area (TPSA) is 0 Å². The minimum Gasteiger partial charge on any atom is -0.0654 e. The maximum absolute atomic E-state index is 2.65. The molecule has 0 heteroatoms. The van der Waals surface area contributed by atoms with Crippen molar-refractivity contribution in [3.63, 3.8) is 0 Å². The van der Waals surface area contributed by atoms with E-state index in [1.54, 1.807) is 19.3 Å². The molecule has 2 fully saturated rings. The van der Waals surface area contributed by atoms with Gasteiger partial charge in [-0.3, -0.25) is 0 Å². The molecule has 2 aliphatic rings. The van der Waals surface area contributed by atoms with E-state index in [2.05, 4.69) is 27.7 Å². The van der Waals surface area contributed by atoms with Gasteiger partial charge in [-0.15, -0.1) is 0 Å². The summed E-state index contributed by atoms with van der Waals surface area (Å²) in [6.45, 7) is 10.0. The van der Waals surface area contributed by atoms with Crippen LogP contribution in [0, 0.1) is 22.7 Å². The molecule has 19 heavy (non-hydrogen) atoms. The minimum atomic E-state index is 0.662. The zero-order chi connectivity index (χ0) is 13.9. The second-order valence-electron chi connectivity index (χ2n) is 8.13. The van der Waals surface area contributed by atoms with E-state index in [9.17, 15) is 0 Å². The second-order valence-corrected chi connectivity index (χ2v) is 8.13. The number of rotatable bonds is 6. The standard InChI is InChI=1S/C19H36/c1-5-9-16(2)10-11-17(3)18(4)12-8-15-19(18)13-6-7-14-19/h16-17H,5-15H2,1-4H3. The average molecular weight is 264 g/mol. The van der Waals surface area contributed by atoms with Gasteiger partial charge in [0.25, 0.3) is 0 Å². The van der Waals surface area contributed by atoms with E-state index in [1.807, 2.05) is 0 Å². The molecule has 2 aliphatic carbocycles. The fourth-order valence-electron chi connectivity index (χ4n) is 5.48. The lowest BCUT2D eigenvalue weighted by Crippen LogP contribution is -2.38. The Morgan fingerprint density at radius 2 is 1.47 bits per heavy atom. The molecule has 112 valence electrons. The average Bonchev–Trinajstić information content (AvgIpc) is 2.98. The predicted octanol–water partition coefficient (Wildman–Crippen LogP) is 6.59. The van der Waals surface area contributed by atoms with E-state index in [0.717, 1.165) is 17.3 Å². The third kappa shape index (κ3) is 2.88. The Kier molecular flexibility index (Phi) is 5.01. The lowest BCUT2D eigenvalue weighted by atomic mass is 9.58.